The highest BCUT2D eigenvalue weighted by Gasteiger charge is 2.18. The minimum Gasteiger partial charge on any atom is -0.481 e. The van der Waals surface area contributed by atoms with Gasteiger partial charge in [-0.2, -0.15) is 0 Å². The third-order valence-corrected chi connectivity index (χ3v) is 3.31. The van der Waals surface area contributed by atoms with Crippen LogP contribution in [0.25, 0.3) is 0 Å². The molecule has 0 bridgehead atoms. The van der Waals surface area contributed by atoms with Gasteiger partial charge in [-0.25, -0.2) is 4.79 Å². The fraction of sp³-hybridized carbons (Fsp3) is 0.833. The number of likely N-dealkylation sites (tertiary alicyclic amines) is 1. The molecule has 0 radical (unpaired) electrons. The van der Waals surface area contributed by atoms with Crippen molar-refractivity contribution in [3.05, 3.63) is 0 Å². The Hall–Kier alpha value is -1.30. The molecule has 6 heteroatoms. The van der Waals surface area contributed by atoms with Crippen LogP contribution in [0.4, 0.5) is 4.79 Å². The average Bonchev–Trinajstić information content (AvgIpc) is 2.86. The Morgan fingerprint density at radius 2 is 1.72 bits per heavy atom. The predicted molar refractivity (Wildman–Crippen MR) is 68.5 cm³/mol. The lowest BCUT2D eigenvalue weighted by Gasteiger charge is -2.23. The summed E-state index contributed by atoms with van der Waals surface area (Å²) in [5.74, 6) is -1.47. The molecule has 2 unspecified atom stereocenters. The average molecular weight is 257 g/mol. The number of nitrogens with one attached hydrogen (secondary N) is 2. The molecule has 0 aromatic carbocycles. The first-order valence-corrected chi connectivity index (χ1v) is 6.49. The van der Waals surface area contributed by atoms with E-state index in [4.69, 9.17) is 5.11 Å². The predicted octanol–water partition coefficient (Wildman–Crippen LogP) is 0.491. The molecule has 2 amide bonds. The van der Waals surface area contributed by atoms with Crippen molar-refractivity contribution in [2.24, 2.45) is 5.92 Å². The lowest BCUT2D eigenvalue weighted by molar-refractivity contribution is -0.140. The second-order valence-corrected chi connectivity index (χ2v) is 4.92. The number of hydrogen-bond acceptors (Lipinski definition) is 3. The van der Waals surface area contributed by atoms with Gasteiger partial charge in [-0.1, -0.05) is 6.92 Å². The molecule has 1 aliphatic heterocycles. The molecule has 0 aromatic rings. The van der Waals surface area contributed by atoms with Crippen LogP contribution >= 0.6 is 0 Å². The molecule has 1 aliphatic rings. The molecule has 1 heterocycles. The van der Waals surface area contributed by atoms with Gasteiger partial charge in [0, 0.05) is 19.1 Å². The number of urea groups is 1. The highest BCUT2D eigenvalue weighted by atomic mass is 16.4. The fourth-order valence-corrected chi connectivity index (χ4v) is 1.95. The summed E-state index contributed by atoms with van der Waals surface area (Å²) in [6, 6.07) is 0.0318. The molecule has 1 saturated heterocycles. The summed E-state index contributed by atoms with van der Waals surface area (Å²) in [5.41, 5.74) is 0. The standard InChI is InChI=1S/C12H23N3O3/c1-9(11(16)17)7-13-12(18)14-8-10(2)15-5-3-4-6-15/h9-10H,3-8H2,1-2H3,(H,16,17)(H2,13,14,18). The van der Waals surface area contributed by atoms with Crippen LogP contribution in [0.1, 0.15) is 26.7 Å². The van der Waals surface area contributed by atoms with E-state index in [9.17, 15) is 9.59 Å². The summed E-state index contributed by atoms with van der Waals surface area (Å²) < 4.78 is 0. The van der Waals surface area contributed by atoms with Gasteiger partial charge in [0.1, 0.15) is 0 Å². The maximum Gasteiger partial charge on any atom is 0.314 e. The Labute approximate surface area is 108 Å². The minimum absolute atomic E-state index is 0.152. The van der Waals surface area contributed by atoms with Crippen LogP contribution in [-0.2, 0) is 4.79 Å². The highest BCUT2D eigenvalue weighted by Crippen LogP contribution is 2.10. The third-order valence-electron chi connectivity index (χ3n) is 3.31. The van der Waals surface area contributed by atoms with Crippen molar-refractivity contribution in [1.82, 2.24) is 15.5 Å². The van der Waals surface area contributed by atoms with Crippen LogP contribution in [0.3, 0.4) is 0 Å². The number of nitrogens with zero attached hydrogens (tertiary/aromatic N) is 1. The fourth-order valence-electron chi connectivity index (χ4n) is 1.95. The topological polar surface area (TPSA) is 81.7 Å². The number of carbonyl (C=O) groups excluding carboxylic acids is 1. The highest BCUT2D eigenvalue weighted by molar-refractivity contribution is 5.75. The van der Waals surface area contributed by atoms with Gasteiger partial charge < -0.3 is 15.7 Å². The first kappa shape index (κ1) is 14.8. The van der Waals surface area contributed by atoms with Crippen molar-refractivity contribution in [3.8, 4) is 0 Å². The molecular weight excluding hydrogens is 234 g/mol. The van der Waals surface area contributed by atoms with Crippen LogP contribution in [-0.4, -0.2) is 54.2 Å². The van der Waals surface area contributed by atoms with E-state index in [1.807, 2.05) is 0 Å². The van der Waals surface area contributed by atoms with Gasteiger partial charge >= 0.3 is 12.0 Å². The van der Waals surface area contributed by atoms with Gasteiger partial charge in [0.05, 0.1) is 5.92 Å². The minimum atomic E-state index is -0.902. The monoisotopic (exact) mass is 257 g/mol. The van der Waals surface area contributed by atoms with Gasteiger partial charge in [-0.3, -0.25) is 9.69 Å². The number of amides is 2. The molecule has 1 rings (SSSR count). The Bertz CT molecular complexity index is 290. The lowest BCUT2D eigenvalue weighted by Crippen LogP contribution is -2.45. The van der Waals surface area contributed by atoms with Crippen LogP contribution in [0, 0.1) is 5.92 Å². The van der Waals surface area contributed by atoms with E-state index < -0.39 is 11.9 Å². The van der Waals surface area contributed by atoms with Gasteiger partial charge in [-0.15, -0.1) is 0 Å². The van der Waals surface area contributed by atoms with E-state index in [-0.39, 0.29) is 12.6 Å². The van der Waals surface area contributed by atoms with E-state index in [0.29, 0.717) is 12.6 Å². The number of rotatable bonds is 6. The van der Waals surface area contributed by atoms with Crippen molar-refractivity contribution >= 4 is 12.0 Å². The normalized spacial score (nSPS) is 19.2. The van der Waals surface area contributed by atoms with Crippen molar-refractivity contribution in [1.29, 1.82) is 0 Å². The molecular formula is C12H23N3O3. The molecule has 3 N–H and O–H groups in total. The molecule has 18 heavy (non-hydrogen) atoms. The molecule has 104 valence electrons. The smallest absolute Gasteiger partial charge is 0.314 e. The van der Waals surface area contributed by atoms with E-state index in [1.54, 1.807) is 6.92 Å². The molecule has 6 nitrogen and oxygen atoms in total. The number of carbonyl (C=O) groups is 2. The van der Waals surface area contributed by atoms with Crippen molar-refractivity contribution in [2.75, 3.05) is 26.2 Å². The summed E-state index contributed by atoms with van der Waals surface area (Å²) >= 11 is 0. The molecule has 2 atom stereocenters. The van der Waals surface area contributed by atoms with Crippen LogP contribution in [0.2, 0.25) is 0 Å². The largest absolute Gasteiger partial charge is 0.481 e. The zero-order valence-corrected chi connectivity index (χ0v) is 11.1. The Morgan fingerprint density at radius 3 is 2.28 bits per heavy atom. The quantitative estimate of drug-likeness (QED) is 0.647. The van der Waals surface area contributed by atoms with Crippen LogP contribution in [0.5, 0.6) is 0 Å². The molecule has 0 aromatic heterocycles. The second-order valence-electron chi connectivity index (χ2n) is 4.92. The summed E-state index contributed by atoms with van der Waals surface area (Å²) in [4.78, 5) is 24.4. The van der Waals surface area contributed by atoms with E-state index in [2.05, 4.69) is 22.5 Å². The number of carboxylic acid groups (broad SMARTS) is 1. The van der Waals surface area contributed by atoms with Crippen molar-refractivity contribution < 1.29 is 14.7 Å². The zero-order valence-electron chi connectivity index (χ0n) is 11.1. The maximum atomic E-state index is 11.5. The Morgan fingerprint density at radius 1 is 1.17 bits per heavy atom. The van der Waals surface area contributed by atoms with Gasteiger partial charge in [0.2, 0.25) is 0 Å². The van der Waals surface area contributed by atoms with Crippen LogP contribution < -0.4 is 10.6 Å². The summed E-state index contributed by atoms with van der Waals surface area (Å²) in [7, 11) is 0. The zero-order chi connectivity index (χ0) is 13.5. The van der Waals surface area contributed by atoms with Gasteiger partial charge in [0.15, 0.2) is 0 Å². The van der Waals surface area contributed by atoms with Gasteiger partial charge in [-0.05, 0) is 32.9 Å². The van der Waals surface area contributed by atoms with Crippen molar-refractivity contribution in [3.63, 3.8) is 0 Å². The molecule has 0 spiro atoms. The summed E-state index contributed by atoms with van der Waals surface area (Å²) in [6.07, 6.45) is 2.46. The van der Waals surface area contributed by atoms with E-state index in [0.717, 1.165) is 13.1 Å². The van der Waals surface area contributed by atoms with Crippen molar-refractivity contribution in [2.45, 2.75) is 32.7 Å². The summed E-state index contributed by atoms with van der Waals surface area (Å²) in [6.45, 7) is 6.59. The van der Waals surface area contributed by atoms with Gasteiger partial charge in [0.25, 0.3) is 0 Å². The molecule has 1 fully saturated rings. The lowest BCUT2D eigenvalue weighted by atomic mass is 10.2. The first-order chi connectivity index (χ1) is 8.50. The second kappa shape index (κ2) is 7.20. The molecule has 0 saturated carbocycles. The SMILES string of the molecule is CC(CNC(=O)NCC(C)N1CCCC1)C(=O)O. The number of hydrogen-bond donors (Lipinski definition) is 3. The third kappa shape index (κ3) is 4.91. The van der Waals surface area contributed by atoms with E-state index in [1.165, 1.54) is 12.8 Å². The van der Waals surface area contributed by atoms with E-state index >= 15 is 0 Å². The Kier molecular flexibility index (Phi) is 5.91. The first-order valence-electron chi connectivity index (χ1n) is 6.49. The Balaban J connectivity index is 2.14. The molecule has 0 aliphatic carbocycles. The summed E-state index contributed by atoms with van der Waals surface area (Å²) in [5, 5.41) is 14.0. The maximum absolute atomic E-state index is 11.5. The van der Waals surface area contributed by atoms with Crippen LogP contribution in [0.15, 0.2) is 0 Å². The number of carboxylic acids is 1. The number of aliphatic carboxylic acids is 1.